The van der Waals surface area contributed by atoms with Crippen molar-refractivity contribution in [3.8, 4) is 0 Å². The van der Waals surface area contributed by atoms with Crippen molar-refractivity contribution in [2.24, 2.45) is 10.7 Å². The number of fused-ring (bicyclic) bond motifs is 1. The molecule has 3 N–H and O–H groups in total. The zero-order valence-electron chi connectivity index (χ0n) is 11.6. The average molecular weight is 291 g/mol. The van der Waals surface area contributed by atoms with E-state index in [9.17, 15) is 5.11 Å². The van der Waals surface area contributed by atoms with Crippen LogP contribution >= 0.6 is 11.8 Å². The van der Waals surface area contributed by atoms with E-state index in [0.29, 0.717) is 12.5 Å². The normalized spacial score (nSPS) is 26.6. The van der Waals surface area contributed by atoms with Gasteiger partial charge in [-0.3, -0.25) is 0 Å². The lowest BCUT2D eigenvalue weighted by atomic mass is 9.96. The minimum Gasteiger partial charge on any atom is -0.383 e. The van der Waals surface area contributed by atoms with E-state index in [-0.39, 0.29) is 0 Å². The fourth-order valence-corrected chi connectivity index (χ4v) is 3.84. The molecule has 1 fully saturated rings. The zero-order valence-corrected chi connectivity index (χ0v) is 12.4. The maximum atomic E-state index is 10.8. The third-order valence-corrected chi connectivity index (χ3v) is 5.11. The molecular weight excluding hydrogens is 270 g/mol. The van der Waals surface area contributed by atoms with Crippen LogP contribution in [0.5, 0.6) is 0 Å². The number of nitrogens with zero attached hydrogens (tertiary/aromatic N) is 2. The first-order valence-electron chi connectivity index (χ1n) is 7.12. The van der Waals surface area contributed by atoms with E-state index in [2.05, 4.69) is 16.0 Å². The van der Waals surface area contributed by atoms with Crippen molar-refractivity contribution in [1.82, 2.24) is 4.90 Å². The zero-order chi connectivity index (χ0) is 14.0. The molecule has 0 aromatic heterocycles. The standard InChI is InChI=1S/C15H21N3OS/c16-14(18-7-9-20-10-8-18)17-11-15(19)6-5-12-3-1-2-4-13(12)15/h1-4,19H,5-11H2,(H2,16,17). The molecule has 1 aromatic carbocycles. The summed E-state index contributed by atoms with van der Waals surface area (Å²) in [6, 6.07) is 8.09. The third kappa shape index (κ3) is 2.65. The number of thioether (sulfide) groups is 1. The summed E-state index contributed by atoms with van der Waals surface area (Å²) < 4.78 is 0. The van der Waals surface area contributed by atoms with Gasteiger partial charge in [-0.1, -0.05) is 24.3 Å². The van der Waals surface area contributed by atoms with E-state index in [4.69, 9.17) is 5.73 Å². The fourth-order valence-electron chi connectivity index (χ4n) is 2.94. The SMILES string of the molecule is NC(=NCC1(O)CCc2ccccc21)N1CCSCC1. The smallest absolute Gasteiger partial charge is 0.191 e. The Bertz CT molecular complexity index is 514. The van der Waals surface area contributed by atoms with Gasteiger partial charge in [0.05, 0.1) is 6.54 Å². The van der Waals surface area contributed by atoms with Crippen LogP contribution in [0.2, 0.25) is 0 Å². The van der Waals surface area contributed by atoms with Gasteiger partial charge >= 0.3 is 0 Å². The molecular formula is C15H21N3OS. The largest absolute Gasteiger partial charge is 0.383 e. The van der Waals surface area contributed by atoms with Crippen LogP contribution in [0.3, 0.4) is 0 Å². The van der Waals surface area contributed by atoms with Crippen molar-refractivity contribution in [2.75, 3.05) is 31.1 Å². The second-order valence-electron chi connectivity index (χ2n) is 5.46. The number of nitrogens with two attached hydrogens (primary N) is 1. The molecule has 3 rings (SSSR count). The van der Waals surface area contributed by atoms with Gasteiger partial charge in [0.25, 0.3) is 0 Å². The van der Waals surface area contributed by atoms with Crippen LogP contribution in [0.25, 0.3) is 0 Å². The maximum absolute atomic E-state index is 10.8. The molecule has 108 valence electrons. The highest BCUT2D eigenvalue weighted by Gasteiger charge is 2.36. The summed E-state index contributed by atoms with van der Waals surface area (Å²) in [6.45, 7) is 2.27. The number of aliphatic imine (C=N–C) groups is 1. The minimum absolute atomic E-state index is 0.361. The molecule has 20 heavy (non-hydrogen) atoms. The highest BCUT2D eigenvalue weighted by atomic mass is 32.2. The van der Waals surface area contributed by atoms with Gasteiger partial charge in [-0.15, -0.1) is 0 Å². The first kappa shape index (κ1) is 13.8. The van der Waals surface area contributed by atoms with Crippen molar-refractivity contribution in [1.29, 1.82) is 0 Å². The second-order valence-corrected chi connectivity index (χ2v) is 6.69. The summed E-state index contributed by atoms with van der Waals surface area (Å²) in [6.07, 6.45) is 1.65. The van der Waals surface area contributed by atoms with Gasteiger partial charge in [-0.05, 0) is 24.0 Å². The average Bonchev–Trinajstić information content (AvgIpc) is 2.84. The molecule has 1 aliphatic heterocycles. The molecule has 0 bridgehead atoms. The van der Waals surface area contributed by atoms with Gasteiger partial charge < -0.3 is 15.7 Å². The lowest BCUT2D eigenvalue weighted by molar-refractivity contribution is 0.0484. The molecule has 1 unspecified atom stereocenters. The topological polar surface area (TPSA) is 61.9 Å². The second kappa shape index (κ2) is 5.66. The summed E-state index contributed by atoms with van der Waals surface area (Å²) in [7, 11) is 0. The monoisotopic (exact) mass is 291 g/mol. The number of hydrogen-bond acceptors (Lipinski definition) is 3. The van der Waals surface area contributed by atoms with Crippen LogP contribution < -0.4 is 5.73 Å². The van der Waals surface area contributed by atoms with Crippen LogP contribution in [-0.2, 0) is 12.0 Å². The Morgan fingerprint density at radius 1 is 1.35 bits per heavy atom. The van der Waals surface area contributed by atoms with E-state index in [1.807, 2.05) is 30.0 Å². The number of guanidine groups is 1. The van der Waals surface area contributed by atoms with E-state index in [0.717, 1.165) is 43.0 Å². The molecule has 0 spiro atoms. The molecule has 2 aliphatic rings. The van der Waals surface area contributed by atoms with Gasteiger partial charge in [-0.25, -0.2) is 4.99 Å². The lowest BCUT2D eigenvalue weighted by Crippen LogP contribution is -2.43. The Kier molecular flexibility index (Phi) is 3.89. The summed E-state index contributed by atoms with van der Waals surface area (Å²) in [5, 5.41) is 10.8. The van der Waals surface area contributed by atoms with Crippen molar-refractivity contribution >= 4 is 17.7 Å². The molecule has 0 amide bonds. The highest BCUT2D eigenvalue weighted by molar-refractivity contribution is 7.99. The van der Waals surface area contributed by atoms with E-state index < -0.39 is 5.60 Å². The van der Waals surface area contributed by atoms with Crippen molar-refractivity contribution < 1.29 is 5.11 Å². The molecule has 4 nitrogen and oxygen atoms in total. The molecule has 1 aromatic rings. The van der Waals surface area contributed by atoms with Crippen molar-refractivity contribution in [2.45, 2.75) is 18.4 Å². The number of aryl methyl sites for hydroxylation is 1. The van der Waals surface area contributed by atoms with Crippen LogP contribution in [0.15, 0.2) is 29.3 Å². The summed E-state index contributed by atoms with van der Waals surface area (Å²) >= 11 is 1.95. The van der Waals surface area contributed by atoms with E-state index in [1.165, 1.54) is 5.56 Å². The Hall–Kier alpha value is -1.20. The Morgan fingerprint density at radius 3 is 2.90 bits per heavy atom. The van der Waals surface area contributed by atoms with E-state index in [1.54, 1.807) is 0 Å². The predicted molar refractivity (Wildman–Crippen MR) is 84.0 cm³/mol. The third-order valence-electron chi connectivity index (χ3n) is 4.16. The molecule has 5 heteroatoms. The Labute approximate surface area is 124 Å². The van der Waals surface area contributed by atoms with Crippen LogP contribution in [0, 0.1) is 0 Å². The molecule has 1 heterocycles. The number of hydrogen-bond donors (Lipinski definition) is 2. The molecule has 0 radical (unpaired) electrons. The minimum atomic E-state index is -0.842. The molecule has 1 saturated heterocycles. The number of aliphatic hydroxyl groups is 1. The Morgan fingerprint density at radius 2 is 2.10 bits per heavy atom. The predicted octanol–water partition coefficient (Wildman–Crippen LogP) is 1.18. The lowest BCUT2D eigenvalue weighted by Gasteiger charge is -2.28. The van der Waals surface area contributed by atoms with Gasteiger partial charge in [0.1, 0.15) is 5.60 Å². The first-order chi connectivity index (χ1) is 9.69. The molecule has 0 saturated carbocycles. The van der Waals surface area contributed by atoms with E-state index >= 15 is 0 Å². The van der Waals surface area contributed by atoms with Crippen molar-refractivity contribution in [3.63, 3.8) is 0 Å². The first-order valence-corrected chi connectivity index (χ1v) is 8.28. The summed E-state index contributed by atoms with van der Waals surface area (Å²) in [5.41, 5.74) is 7.47. The highest BCUT2D eigenvalue weighted by Crippen LogP contribution is 2.36. The quantitative estimate of drug-likeness (QED) is 0.634. The molecule has 1 aliphatic carbocycles. The summed E-state index contributed by atoms with van der Waals surface area (Å²) in [5.74, 6) is 2.77. The van der Waals surface area contributed by atoms with Gasteiger partial charge in [-0.2, -0.15) is 11.8 Å². The van der Waals surface area contributed by atoms with Crippen LogP contribution in [0.1, 0.15) is 17.5 Å². The van der Waals surface area contributed by atoms with Crippen LogP contribution in [0.4, 0.5) is 0 Å². The number of rotatable bonds is 2. The van der Waals surface area contributed by atoms with Gasteiger partial charge in [0.2, 0.25) is 0 Å². The Balaban J connectivity index is 1.71. The number of benzene rings is 1. The maximum Gasteiger partial charge on any atom is 0.191 e. The fraction of sp³-hybridized carbons (Fsp3) is 0.533. The summed E-state index contributed by atoms with van der Waals surface area (Å²) in [4.78, 5) is 6.57. The van der Waals surface area contributed by atoms with Gasteiger partial charge in [0, 0.05) is 24.6 Å². The van der Waals surface area contributed by atoms with Gasteiger partial charge in [0.15, 0.2) is 5.96 Å². The van der Waals surface area contributed by atoms with Crippen LogP contribution in [-0.4, -0.2) is 47.1 Å². The molecule has 1 atom stereocenters. The van der Waals surface area contributed by atoms with Crippen molar-refractivity contribution in [3.05, 3.63) is 35.4 Å².